The van der Waals surface area contributed by atoms with E-state index in [0.717, 1.165) is 0 Å². The zero-order valence-electron chi connectivity index (χ0n) is 16.2. The first-order valence-corrected chi connectivity index (χ1v) is 10.5. The third kappa shape index (κ3) is 1.62. The largest absolute Gasteiger partial charge is 0.0616 e. The Morgan fingerprint density at radius 1 is 0.267 bits per heavy atom. The van der Waals surface area contributed by atoms with Crippen molar-refractivity contribution in [1.82, 2.24) is 0 Å². The van der Waals surface area contributed by atoms with E-state index in [4.69, 9.17) is 0 Å². The molecule has 0 aliphatic carbocycles. The van der Waals surface area contributed by atoms with Crippen LogP contribution in [0.4, 0.5) is 0 Å². The minimum atomic E-state index is 1.31. The molecular formula is C30H16. The summed E-state index contributed by atoms with van der Waals surface area (Å²) >= 11 is 0. The highest BCUT2D eigenvalue weighted by molar-refractivity contribution is 6.40. The Kier molecular flexibility index (Phi) is 2.49. The highest BCUT2D eigenvalue weighted by Crippen LogP contribution is 2.46. The fraction of sp³-hybridized carbons (Fsp3) is 0. The minimum Gasteiger partial charge on any atom is -0.0616 e. The first-order chi connectivity index (χ1) is 14.9. The zero-order valence-corrected chi connectivity index (χ0v) is 16.2. The summed E-state index contributed by atoms with van der Waals surface area (Å²) in [6.45, 7) is 0. The van der Waals surface area contributed by atoms with Crippen LogP contribution in [-0.4, -0.2) is 0 Å². The maximum atomic E-state index is 2.35. The summed E-state index contributed by atoms with van der Waals surface area (Å²) in [4.78, 5) is 0. The van der Waals surface area contributed by atoms with Crippen LogP contribution < -0.4 is 0 Å². The number of fused-ring (bicyclic) bond motifs is 4. The third-order valence-electron chi connectivity index (χ3n) is 7.11. The minimum absolute atomic E-state index is 1.31. The molecule has 0 radical (unpaired) electrons. The lowest BCUT2D eigenvalue weighted by atomic mass is 9.84. The number of rotatable bonds is 0. The van der Waals surface area contributed by atoms with E-state index in [2.05, 4.69) is 97.1 Å². The van der Waals surface area contributed by atoms with E-state index in [9.17, 15) is 0 Å². The van der Waals surface area contributed by atoms with Gasteiger partial charge in [-0.05, 0) is 81.5 Å². The number of hydrogen-bond donors (Lipinski definition) is 0. The Hall–Kier alpha value is -3.90. The van der Waals surface area contributed by atoms with Gasteiger partial charge in [0.1, 0.15) is 0 Å². The highest BCUT2D eigenvalue weighted by Gasteiger charge is 2.17. The van der Waals surface area contributed by atoms with Gasteiger partial charge in [-0.25, -0.2) is 0 Å². The Morgan fingerprint density at radius 2 is 0.767 bits per heavy atom. The van der Waals surface area contributed by atoms with E-state index in [1.807, 2.05) is 0 Å². The molecule has 0 nitrogen and oxygen atoms in total. The summed E-state index contributed by atoms with van der Waals surface area (Å²) in [5.41, 5.74) is 0. The lowest BCUT2D eigenvalue weighted by Gasteiger charge is -2.18. The smallest absolute Gasteiger partial charge is 0.00141 e. The van der Waals surface area contributed by atoms with Gasteiger partial charge in [0.2, 0.25) is 0 Å². The van der Waals surface area contributed by atoms with Gasteiger partial charge in [-0.1, -0.05) is 91.0 Å². The molecule has 0 heteroatoms. The maximum absolute atomic E-state index is 2.35. The number of benzene rings is 8. The molecule has 0 saturated heterocycles. The molecule has 0 unspecified atom stereocenters. The van der Waals surface area contributed by atoms with Gasteiger partial charge in [-0.2, -0.15) is 0 Å². The molecule has 0 aliphatic rings. The molecule has 0 aliphatic heterocycles. The average Bonchev–Trinajstić information content (AvgIpc) is 2.81. The van der Waals surface area contributed by atoms with Gasteiger partial charge >= 0.3 is 0 Å². The normalized spacial score (nSPS) is 12.7. The predicted molar refractivity (Wildman–Crippen MR) is 131 cm³/mol. The van der Waals surface area contributed by atoms with Gasteiger partial charge in [-0.3, -0.25) is 0 Å². The molecule has 0 aromatic heterocycles. The van der Waals surface area contributed by atoms with Gasteiger partial charge < -0.3 is 0 Å². The van der Waals surface area contributed by atoms with E-state index in [1.165, 1.54) is 75.4 Å². The van der Waals surface area contributed by atoms with Crippen LogP contribution in [-0.2, 0) is 0 Å². The van der Waals surface area contributed by atoms with Crippen molar-refractivity contribution in [2.24, 2.45) is 0 Å². The summed E-state index contributed by atoms with van der Waals surface area (Å²) in [7, 11) is 0. The molecule has 0 heterocycles. The molecule has 136 valence electrons. The maximum Gasteiger partial charge on any atom is -0.00141 e. The fourth-order valence-electron chi connectivity index (χ4n) is 5.88. The molecular weight excluding hydrogens is 360 g/mol. The molecule has 8 rings (SSSR count). The molecule has 8 aromatic rings. The predicted octanol–water partition coefficient (Wildman–Crippen LogP) is 8.63. The quantitative estimate of drug-likeness (QED) is 0.183. The Labute approximate surface area is 172 Å². The highest BCUT2D eigenvalue weighted by atomic mass is 14.2. The molecule has 0 bridgehead atoms. The second-order valence-electron chi connectivity index (χ2n) is 8.53. The molecule has 0 atom stereocenters. The summed E-state index contributed by atoms with van der Waals surface area (Å²) in [5, 5.41) is 19.0. The first kappa shape index (κ1) is 15.0. The van der Waals surface area contributed by atoms with Crippen LogP contribution in [0, 0.1) is 0 Å². The third-order valence-corrected chi connectivity index (χ3v) is 7.11. The SMILES string of the molecule is c1ccc2c(c1)cc1ccc3c4ccc5cccc6ccc(c7ccc2c1c37)c4c56. The molecule has 0 N–H and O–H groups in total. The van der Waals surface area contributed by atoms with Crippen LogP contribution in [0.3, 0.4) is 0 Å². The van der Waals surface area contributed by atoms with Crippen molar-refractivity contribution >= 4 is 75.4 Å². The van der Waals surface area contributed by atoms with Crippen LogP contribution in [0.2, 0.25) is 0 Å². The second-order valence-corrected chi connectivity index (χ2v) is 8.53. The van der Waals surface area contributed by atoms with E-state index in [-0.39, 0.29) is 0 Å². The van der Waals surface area contributed by atoms with Crippen LogP contribution in [0.25, 0.3) is 75.4 Å². The van der Waals surface area contributed by atoms with E-state index < -0.39 is 0 Å². The van der Waals surface area contributed by atoms with Gasteiger partial charge in [0, 0.05) is 0 Å². The van der Waals surface area contributed by atoms with Crippen LogP contribution >= 0.6 is 0 Å². The van der Waals surface area contributed by atoms with Crippen molar-refractivity contribution < 1.29 is 0 Å². The zero-order chi connectivity index (χ0) is 19.4. The average molecular weight is 376 g/mol. The number of hydrogen-bond acceptors (Lipinski definition) is 0. The molecule has 8 aromatic carbocycles. The van der Waals surface area contributed by atoms with Crippen LogP contribution in [0.5, 0.6) is 0 Å². The first-order valence-electron chi connectivity index (χ1n) is 10.5. The van der Waals surface area contributed by atoms with Crippen molar-refractivity contribution in [3.8, 4) is 0 Å². The van der Waals surface area contributed by atoms with Gasteiger partial charge in [0.05, 0.1) is 0 Å². The molecule has 0 saturated carbocycles. The lowest BCUT2D eigenvalue weighted by Crippen LogP contribution is -1.90. The van der Waals surface area contributed by atoms with Crippen molar-refractivity contribution in [2.75, 3.05) is 0 Å². The van der Waals surface area contributed by atoms with Crippen molar-refractivity contribution in [3.63, 3.8) is 0 Å². The van der Waals surface area contributed by atoms with Gasteiger partial charge in [0.25, 0.3) is 0 Å². The Morgan fingerprint density at radius 3 is 1.47 bits per heavy atom. The molecule has 0 fully saturated rings. The van der Waals surface area contributed by atoms with E-state index in [1.54, 1.807) is 0 Å². The molecule has 0 spiro atoms. The topological polar surface area (TPSA) is 0 Å². The van der Waals surface area contributed by atoms with Crippen molar-refractivity contribution in [1.29, 1.82) is 0 Å². The summed E-state index contributed by atoms with van der Waals surface area (Å²) < 4.78 is 0. The summed E-state index contributed by atoms with van der Waals surface area (Å²) in [5.74, 6) is 0. The lowest BCUT2D eigenvalue weighted by molar-refractivity contribution is 1.79. The van der Waals surface area contributed by atoms with Crippen molar-refractivity contribution in [3.05, 3.63) is 97.1 Å². The van der Waals surface area contributed by atoms with E-state index >= 15 is 0 Å². The molecule has 0 amide bonds. The summed E-state index contributed by atoms with van der Waals surface area (Å²) in [6.07, 6.45) is 0. The monoisotopic (exact) mass is 376 g/mol. The van der Waals surface area contributed by atoms with E-state index in [0.29, 0.717) is 0 Å². The van der Waals surface area contributed by atoms with Gasteiger partial charge in [-0.15, -0.1) is 0 Å². The Balaban J connectivity index is 1.76. The summed E-state index contributed by atoms with van der Waals surface area (Å²) in [6, 6.07) is 36.3. The standard InChI is InChI=1S/C30H16/c1-2-7-21-19(4-1)16-20-10-13-25-23-11-8-17-5-3-6-18-9-12-24(29(23)27(17)18)26-15-14-22(21)28(20)30(25)26/h1-16H. The Bertz CT molecular complexity index is 1870. The van der Waals surface area contributed by atoms with Gasteiger partial charge in [0.15, 0.2) is 0 Å². The second kappa shape index (κ2) is 4.98. The van der Waals surface area contributed by atoms with Crippen LogP contribution in [0.1, 0.15) is 0 Å². The fourth-order valence-corrected chi connectivity index (χ4v) is 5.88. The van der Waals surface area contributed by atoms with Crippen molar-refractivity contribution in [2.45, 2.75) is 0 Å². The van der Waals surface area contributed by atoms with Crippen LogP contribution in [0.15, 0.2) is 97.1 Å². The molecule has 30 heavy (non-hydrogen) atoms.